The number of carbonyl (C=O) groups is 3. The van der Waals surface area contributed by atoms with E-state index in [1.807, 2.05) is 54.6 Å². The van der Waals surface area contributed by atoms with Crippen LogP contribution in [0.4, 0.5) is 5.69 Å². The SMILES string of the molecule is CCCCCCCCCCCCCCCC(=O)Nc1ccc(CNC(=O)C(Cc2ccccc2)C(=O)OCC)cc1. The number of carbonyl (C=O) groups excluding carboxylic acids is 3. The Kier molecular flexibility index (Phi) is 17.9. The molecule has 0 spiro atoms. The fraction of sp³-hybridized carbons (Fsp3) is 0.571. The Bertz CT molecular complexity index is 991. The van der Waals surface area contributed by atoms with Crippen molar-refractivity contribution in [2.24, 2.45) is 5.92 Å². The molecule has 0 aliphatic rings. The first kappa shape index (κ1) is 34.1. The third-order valence-electron chi connectivity index (χ3n) is 7.38. The lowest BCUT2D eigenvalue weighted by molar-refractivity contribution is -0.152. The highest BCUT2D eigenvalue weighted by atomic mass is 16.5. The van der Waals surface area contributed by atoms with Gasteiger partial charge in [0, 0.05) is 18.7 Å². The van der Waals surface area contributed by atoms with Crippen LogP contribution in [0.15, 0.2) is 54.6 Å². The van der Waals surface area contributed by atoms with Gasteiger partial charge >= 0.3 is 5.97 Å². The van der Waals surface area contributed by atoms with Gasteiger partial charge in [-0.15, -0.1) is 0 Å². The summed E-state index contributed by atoms with van der Waals surface area (Å²) in [6.45, 7) is 4.51. The molecule has 226 valence electrons. The summed E-state index contributed by atoms with van der Waals surface area (Å²) in [5, 5.41) is 5.82. The van der Waals surface area contributed by atoms with E-state index in [4.69, 9.17) is 4.74 Å². The molecule has 2 amide bonds. The molecule has 0 bridgehead atoms. The number of hydrogen-bond donors (Lipinski definition) is 2. The van der Waals surface area contributed by atoms with Crippen molar-refractivity contribution in [3.05, 3.63) is 65.7 Å². The second-order valence-corrected chi connectivity index (χ2v) is 10.9. The van der Waals surface area contributed by atoms with Crippen LogP contribution in [0, 0.1) is 5.92 Å². The van der Waals surface area contributed by atoms with E-state index in [0.717, 1.165) is 29.7 Å². The van der Waals surface area contributed by atoms with Gasteiger partial charge in [0.2, 0.25) is 11.8 Å². The molecule has 2 aromatic carbocycles. The molecule has 2 rings (SSSR count). The number of rotatable bonds is 22. The van der Waals surface area contributed by atoms with Crippen LogP contribution in [0.2, 0.25) is 0 Å². The van der Waals surface area contributed by atoms with E-state index >= 15 is 0 Å². The zero-order valence-electron chi connectivity index (χ0n) is 25.4. The Labute approximate surface area is 248 Å². The van der Waals surface area contributed by atoms with Gasteiger partial charge in [0.1, 0.15) is 5.92 Å². The van der Waals surface area contributed by atoms with Gasteiger partial charge in [-0.1, -0.05) is 126 Å². The zero-order valence-corrected chi connectivity index (χ0v) is 25.4. The fourth-order valence-corrected chi connectivity index (χ4v) is 4.92. The second-order valence-electron chi connectivity index (χ2n) is 10.9. The van der Waals surface area contributed by atoms with E-state index in [2.05, 4.69) is 17.6 Å². The smallest absolute Gasteiger partial charge is 0.318 e. The van der Waals surface area contributed by atoms with Gasteiger partial charge in [-0.25, -0.2) is 0 Å². The summed E-state index contributed by atoms with van der Waals surface area (Å²) in [7, 11) is 0. The maximum atomic E-state index is 12.8. The second kappa shape index (κ2) is 21.6. The minimum atomic E-state index is -0.902. The quantitative estimate of drug-likeness (QED) is 0.0859. The summed E-state index contributed by atoms with van der Waals surface area (Å²) >= 11 is 0. The number of hydrogen-bond acceptors (Lipinski definition) is 4. The summed E-state index contributed by atoms with van der Waals surface area (Å²) in [5.74, 6) is -1.74. The number of amides is 2. The third kappa shape index (κ3) is 15.4. The predicted molar refractivity (Wildman–Crippen MR) is 167 cm³/mol. The normalized spacial score (nSPS) is 11.6. The van der Waals surface area contributed by atoms with Crippen LogP contribution in [0.3, 0.4) is 0 Å². The maximum Gasteiger partial charge on any atom is 0.318 e. The minimum absolute atomic E-state index is 0.0346. The summed E-state index contributed by atoms with van der Waals surface area (Å²) < 4.78 is 5.14. The molecule has 0 aliphatic heterocycles. The van der Waals surface area contributed by atoms with Crippen LogP contribution in [0.5, 0.6) is 0 Å². The average Bonchev–Trinajstić information content (AvgIpc) is 2.98. The highest BCUT2D eigenvalue weighted by molar-refractivity contribution is 5.98. The van der Waals surface area contributed by atoms with Crippen molar-refractivity contribution in [2.45, 2.75) is 117 Å². The molecule has 0 aromatic heterocycles. The standard InChI is InChI=1S/C35H52N2O4/c1-3-5-6-7-8-9-10-11-12-13-14-15-19-22-33(38)37-31-25-23-30(24-26-31)28-36-34(39)32(35(40)41-4-2)27-29-20-17-16-18-21-29/h16-18,20-21,23-26,32H,3-15,19,22,27-28H2,1-2H3,(H,36,39)(H,37,38). The van der Waals surface area contributed by atoms with E-state index < -0.39 is 11.9 Å². The molecule has 0 saturated heterocycles. The van der Waals surface area contributed by atoms with Crippen LogP contribution in [0.1, 0.15) is 115 Å². The van der Waals surface area contributed by atoms with E-state index in [-0.39, 0.29) is 31.4 Å². The largest absolute Gasteiger partial charge is 0.465 e. The molecule has 0 heterocycles. The van der Waals surface area contributed by atoms with Gasteiger partial charge in [-0.05, 0) is 43.0 Å². The first-order valence-corrected chi connectivity index (χ1v) is 15.9. The molecule has 1 unspecified atom stereocenters. The van der Waals surface area contributed by atoms with Gasteiger partial charge in [-0.2, -0.15) is 0 Å². The highest BCUT2D eigenvalue weighted by Gasteiger charge is 2.28. The van der Waals surface area contributed by atoms with E-state index in [9.17, 15) is 14.4 Å². The van der Waals surface area contributed by atoms with Crippen molar-refractivity contribution in [3.8, 4) is 0 Å². The highest BCUT2D eigenvalue weighted by Crippen LogP contribution is 2.15. The molecule has 1 atom stereocenters. The van der Waals surface area contributed by atoms with Gasteiger partial charge in [0.05, 0.1) is 6.61 Å². The van der Waals surface area contributed by atoms with E-state index in [1.54, 1.807) is 6.92 Å². The van der Waals surface area contributed by atoms with Crippen molar-refractivity contribution in [3.63, 3.8) is 0 Å². The van der Waals surface area contributed by atoms with Crippen molar-refractivity contribution < 1.29 is 19.1 Å². The minimum Gasteiger partial charge on any atom is -0.465 e. The number of benzene rings is 2. The summed E-state index contributed by atoms with van der Waals surface area (Å²) in [6.07, 6.45) is 17.6. The predicted octanol–water partition coefficient (Wildman–Crippen LogP) is 8.14. The van der Waals surface area contributed by atoms with Crippen LogP contribution in [-0.4, -0.2) is 24.4 Å². The van der Waals surface area contributed by atoms with Crippen molar-refractivity contribution in [1.29, 1.82) is 0 Å². The molecular formula is C35H52N2O4. The number of ether oxygens (including phenoxy) is 1. The van der Waals surface area contributed by atoms with Crippen LogP contribution in [-0.2, 0) is 32.1 Å². The van der Waals surface area contributed by atoms with Gasteiger partial charge in [0.25, 0.3) is 0 Å². The molecule has 6 heteroatoms. The Morgan fingerprint density at radius 3 is 1.80 bits per heavy atom. The number of anilines is 1. The first-order valence-electron chi connectivity index (χ1n) is 15.9. The van der Waals surface area contributed by atoms with Gasteiger partial charge in [-0.3, -0.25) is 14.4 Å². The molecule has 0 saturated carbocycles. The maximum absolute atomic E-state index is 12.8. The van der Waals surface area contributed by atoms with Crippen LogP contribution in [0.25, 0.3) is 0 Å². The third-order valence-corrected chi connectivity index (χ3v) is 7.38. The number of esters is 1. The van der Waals surface area contributed by atoms with Crippen molar-refractivity contribution >= 4 is 23.5 Å². The zero-order chi connectivity index (χ0) is 29.5. The summed E-state index contributed by atoms with van der Waals surface area (Å²) in [4.78, 5) is 37.6. The Morgan fingerprint density at radius 1 is 0.683 bits per heavy atom. The molecule has 0 fully saturated rings. The summed E-state index contributed by atoms with van der Waals surface area (Å²) in [5.41, 5.74) is 2.53. The molecule has 0 aliphatic carbocycles. The van der Waals surface area contributed by atoms with Crippen molar-refractivity contribution in [2.75, 3.05) is 11.9 Å². The molecule has 0 radical (unpaired) electrons. The van der Waals surface area contributed by atoms with E-state index in [0.29, 0.717) is 6.42 Å². The lowest BCUT2D eigenvalue weighted by Gasteiger charge is -2.16. The number of unbranched alkanes of at least 4 members (excludes halogenated alkanes) is 12. The van der Waals surface area contributed by atoms with Gasteiger partial charge in [0.15, 0.2) is 0 Å². The van der Waals surface area contributed by atoms with E-state index in [1.165, 1.54) is 70.6 Å². The van der Waals surface area contributed by atoms with Crippen molar-refractivity contribution in [1.82, 2.24) is 5.32 Å². The Hall–Kier alpha value is -3.15. The van der Waals surface area contributed by atoms with Crippen LogP contribution < -0.4 is 10.6 Å². The molecule has 2 aromatic rings. The van der Waals surface area contributed by atoms with Crippen LogP contribution >= 0.6 is 0 Å². The Morgan fingerprint density at radius 2 is 1.24 bits per heavy atom. The number of nitrogens with one attached hydrogen (secondary N) is 2. The molecule has 2 N–H and O–H groups in total. The first-order chi connectivity index (χ1) is 20.0. The lowest BCUT2D eigenvalue weighted by Crippen LogP contribution is -2.37. The van der Waals surface area contributed by atoms with Gasteiger partial charge < -0.3 is 15.4 Å². The lowest BCUT2D eigenvalue weighted by atomic mass is 9.98. The molecule has 41 heavy (non-hydrogen) atoms. The molecular weight excluding hydrogens is 512 g/mol. The fourth-order valence-electron chi connectivity index (χ4n) is 4.92. The monoisotopic (exact) mass is 564 g/mol. The molecule has 6 nitrogen and oxygen atoms in total. The average molecular weight is 565 g/mol. The summed E-state index contributed by atoms with van der Waals surface area (Å²) in [6, 6.07) is 16.9. The Balaban J connectivity index is 1.61. The topological polar surface area (TPSA) is 84.5 Å².